The van der Waals surface area contributed by atoms with Gasteiger partial charge in [0.1, 0.15) is 0 Å². The summed E-state index contributed by atoms with van der Waals surface area (Å²) in [7, 11) is 1.94. The highest BCUT2D eigenvalue weighted by Gasteiger charge is 2.28. The van der Waals surface area contributed by atoms with Gasteiger partial charge in [0, 0.05) is 21.1 Å². The first-order chi connectivity index (χ1) is 4.18. The predicted molar refractivity (Wildman–Crippen MR) is 32.5 cm³/mol. The average molecular weight is 153 g/mol. The van der Waals surface area contributed by atoms with Gasteiger partial charge in [0.05, 0.1) is 0 Å². The number of methoxy groups -OCH3 is 2. The fourth-order valence-corrected chi connectivity index (χ4v) is 0.560. The van der Waals surface area contributed by atoms with Gasteiger partial charge in [-0.1, -0.05) is 4.52 Å². The smallest absolute Gasteiger partial charge is 0.328 e. The molecule has 0 aromatic carbocycles. The molecule has 0 aliphatic heterocycles. The van der Waals surface area contributed by atoms with E-state index in [4.69, 9.17) is 0 Å². The summed E-state index contributed by atoms with van der Waals surface area (Å²) in [6.45, 7) is 1.53. The molecule has 4 nitrogen and oxygen atoms in total. The lowest BCUT2D eigenvalue weighted by Gasteiger charge is -2.17. The van der Waals surface area contributed by atoms with Gasteiger partial charge >= 0.3 is 14.7 Å². The van der Waals surface area contributed by atoms with Gasteiger partial charge in [-0.2, -0.15) is 0 Å². The number of ether oxygens (including phenoxy) is 2. The zero-order valence-corrected chi connectivity index (χ0v) is 6.63. The molecule has 0 aliphatic rings. The van der Waals surface area contributed by atoms with Crippen LogP contribution in [0.4, 0.5) is 0 Å². The van der Waals surface area contributed by atoms with Gasteiger partial charge in [0.15, 0.2) is 0 Å². The van der Waals surface area contributed by atoms with Crippen molar-refractivity contribution in [1.29, 1.82) is 0 Å². The SMILES string of the molecule is COC(C)(OC)O[PH+]=O. The molecule has 0 amide bonds. The Morgan fingerprint density at radius 1 is 1.33 bits per heavy atom. The summed E-state index contributed by atoms with van der Waals surface area (Å²) in [6, 6.07) is 0. The molecule has 9 heavy (non-hydrogen) atoms. The lowest BCUT2D eigenvalue weighted by molar-refractivity contribution is -0.305. The van der Waals surface area contributed by atoms with Crippen LogP contribution in [0.25, 0.3) is 0 Å². The van der Waals surface area contributed by atoms with Crippen molar-refractivity contribution in [3.05, 3.63) is 0 Å². The minimum Gasteiger partial charge on any atom is -0.328 e. The first kappa shape index (κ1) is 8.98. The van der Waals surface area contributed by atoms with Crippen molar-refractivity contribution in [2.24, 2.45) is 0 Å². The molecular weight excluding hydrogens is 143 g/mol. The Hall–Kier alpha value is -0.0200. The molecular formula is C4H10O4P+. The molecule has 1 unspecified atom stereocenters. The average Bonchev–Trinajstić information content (AvgIpc) is 1.89. The van der Waals surface area contributed by atoms with E-state index in [1.165, 1.54) is 21.1 Å². The maximum Gasteiger partial charge on any atom is 0.499 e. The van der Waals surface area contributed by atoms with Gasteiger partial charge < -0.3 is 9.47 Å². The normalized spacial score (nSPS) is 12.3. The number of hydrogen-bond donors (Lipinski definition) is 0. The highest BCUT2D eigenvalue weighted by atomic mass is 31.1. The van der Waals surface area contributed by atoms with E-state index in [-0.39, 0.29) is 0 Å². The van der Waals surface area contributed by atoms with E-state index in [0.717, 1.165) is 0 Å². The lowest BCUT2D eigenvalue weighted by atomic mass is 10.7. The molecule has 0 aromatic heterocycles. The van der Waals surface area contributed by atoms with Crippen molar-refractivity contribution >= 4 is 8.69 Å². The summed E-state index contributed by atoms with van der Waals surface area (Å²) in [4.78, 5) is 0. The molecule has 0 aromatic rings. The summed E-state index contributed by atoms with van der Waals surface area (Å²) in [5.74, 6) is -1.17. The van der Waals surface area contributed by atoms with E-state index in [1.807, 2.05) is 0 Å². The van der Waals surface area contributed by atoms with Crippen molar-refractivity contribution in [2.45, 2.75) is 12.9 Å². The molecule has 1 atom stereocenters. The van der Waals surface area contributed by atoms with Gasteiger partial charge in [0.25, 0.3) is 0 Å². The molecule has 0 heterocycles. The van der Waals surface area contributed by atoms with E-state index in [9.17, 15) is 4.57 Å². The standard InChI is InChI=1S/C4H10O4P/c1-4(6-2,7-3)8-9-5/h9H,1-3H3/q+1. The monoisotopic (exact) mass is 153 g/mol. The molecule has 0 fully saturated rings. The van der Waals surface area contributed by atoms with Crippen LogP contribution < -0.4 is 0 Å². The molecule has 0 radical (unpaired) electrons. The molecule has 54 valence electrons. The topological polar surface area (TPSA) is 44.8 Å². The molecule has 0 saturated heterocycles. The lowest BCUT2D eigenvalue weighted by Crippen LogP contribution is -2.29. The van der Waals surface area contributed by atoms with Crippen molar-refractivity contribution < 1.29 is 18.6 Å². The Balaban J connectivity index is 3.75. The first-order valence-electron chi connectivity index (χ1n) is 2.34. The van der Waals surface area contributed by atoms with Crippen molar-refractivity contribution in [3.8, 4) is 0 Å². The van der Waals surface area contributed by atoms with E-state index in [1.54, 1.807) is 0 Å². The Morgan fingerprint density at radius 2 is 1.78 bits per heavy atom. The summed E-state index contributed by atoms with van der Waals surface area (Å²) in [6.07, 6.45) is 0. The van der Waals surface area contributed by atoms with Crippen LogP contribution in [0.2, 0.25) is 0 Å². The highest BCUT2D eigenvalue weighted by Crippen LogP contribution is 2.17. The predicted octanol–water partition coefficient (Wildman–Crippen LogP) is 0.908. The fourth-order valence-electron chi connectivity index (χ4n) is 0.242. The fraction of sp³-hybridized carbons (Fsp3) is 1.00. The molecule has 0 rings (SSSR count). The van der Waals surface area contributed by atoms with E-state index in [0.29, 0.717) is 0 Å². The zero-order chi connectivity index (χ0) is 7.33. The van der Waals surface area contributed by atoms with Crippen LogP contribution >= 0.6 is 8.69 Å². The Labute approximate surface area is 55.4 Å². The van der Waals surface area contributed by atoms with Crippen molar-refractivity contribution in [2.75, 3.05) is 14.2 Å². The van der Waals surface area contributed by atoms with Crippen LogP contribution in [-0.4, -0.2) is 20.2 Å². The van der Waals surface area contributed by atoms with Crippen LogP contribution in [-0.2, 0) is 18.6 Å². The number of hydrogen-bond acceptors (Lipinski definition) is 4. The Kier molecular flexibility index (Phi) is 3.89. The number of rotatable bonds is 4. The zero-order valence-electron chi connectivity index (χ0n) is 5.63. The highest BCUT2D eigenvalue weighted by molar-refractivity contribution is 7.17. The van der Waals surface area contributed by atoms with Crippen LogP contribution in [0.5, 0.6) is 0 Å². The third-order valence-corrected chi connectivity index (χ3v) is 1.42. The molecule has 0 N–H and O–H groups in total. The first-order valence-corrected chi connectivity index (χ1v) is 3.15. The molecule has 0 aliphatic carbocycles. The quantitative estimate of drug-likeness (QED) is 0.444. The summed E-state index contributed by atoms with van der Waals surface area (Å²) >= 11 is 0. The Morgan fingerprint density at radius 3 is 1.89 bits per heavy atom. The van der Waals surface area contributed by atoms with E-state index >= 15 is 0 Å². The third-order valence-electron chi connectivity index (χ3n) is 0.969. The third kappa shape index (κ3) is 2.87. The summed E-state index contributed by atoms with van der Waals surface area (Å²) < 4.78 is 23.8. The maximum absolute atomic E-state index is 9.91. The van der Waals surface area contributed by atoms with Gasteiger partial charge in [-0.15, -0.1) is 0 Å². The largest absolute Gasteiger partial charge is 0.499 e. The second-order valence-electron chi connectivity index (χ2n) is 1.46. The minimum absolute atomic E-state index is 0.877. The molecule has 0 spiro atoms. The van der Waals surface area contributed by atoms with Crippen molar-refractivity contribution in [3.63, 3.8) is 0 Å². The summed E-state index contributed by atoms with van der Waals surface area (Å²) in [5, 5.41) is 0. The maximum atomic E-state index is 9.91. The molecule has 0 saturated carbocycles. The van der Waals surface area contributed by atoms with Crippen molar-refractivity contribution in [1.82, 2.24) is 0 Å². The van der Waals surface area contributed by atoms with Crippen LogP contribution in [0.3, 0.4) is 0 Å². The van der Waals surface area contributed by atoms with Gasteiger partial charge in [-0.05, 0) is 4.57 Å². The van der Waals surface area contributed by atoms with Gasteiger partial charge in [-0.25, -0.2) is 0 Å². The molecule has 0 bridgehead atoms. The van der Waals surface area contributed by atoms with Gasteiger partial charge in [-0.3, -0.25) is 0 Å². The van der Waals surface area contributed by atoms with E-state index in [2.05, 4.69) is 14.0 Å². The van der Waals surface area contributed by atoms with Crippen LogP contribution in [0.15, 0.2) is 0 Å². The van der Waals surface area contributed by atoms with E-state index < -0.39 is 14.7 Å². The summed E-state index contributed by atoms with van der Waals surface area (Å²) in [5.41, 5.74) is 0. The van der Waals surface area contributed by atoms with Crippen LogP contribution in [0, 0.1) is 0 Å². The Bertz CT molecular complexity index is 90.6. The van der Waals surface area contributed by atoms with Gasteiger partial charge in [0.2, 0.25) is 0 Å². The molecule has 5 heteroatoms. The second-order valence-corrected chi connectivity index (χ2v) is 1.83. The minimum atomic E-state index is -1.17. The van der Waals surface area contributed by atoms with Crippen LogP contribution in [0.1, 0.15) is 6.92 Å². The second kappa shape index (κ2) is 3.90.